The first-order chi connectivity index (χ1) is 13.2. The number of amides is 1. The number of carbonyl (C=O) groups is 1. The summed E-state index contributed by atoms with van der Waals surface area (Å²) in [7, 11) is 0. The van der Waals surface area contributed by atoms with Gasteiger partial charge in [0.25, 0.3) is 11.5 Å². The number of nitrogens with one attached hydrogen (secondary N) is 2. The molecule has 2 unspecified atom stereocenters. The van der Waals surface area contributed by atoms with Gasteiger partial charge < -0.3 is 15.0 Å². The van der Waals surface area contributed by atoms with Crippen LogP contribution in [0, 0.1) is 0 Å². The molecular weight excluding hydrogens is 346 g/mol. The molecule has 27 heavy (non-hydrogen) atoms. The van der Waals surface area contributed by atoms with Gasteiger partial charge in [-0.25, -0.2) is 9.67 Å². The number of carbonyl (C=O) groups excluding carboxylic acids is 1. The average molecular weight is 365 g/mol. The molecule has 0 bridgehead atoms. The second-order valence-corrected chi connectivity index (χ2v) is 7.07. The molecule has 0 saturated carbocycles. The van der Waals surface area contributed by atoms with Gasteiger partial charge in [-0.3, -0.25) is 9.59 Å². The van der Waals surface area contributed by atoms with E-state index in [1.165, 1.54) is 4.68 Å². The number of imidazole rings is 1. The monoisotopic (exact) mass is 365 g/mol. The number of aromatic amines is 1. The van der Waals surface area contributed by atoms with Crippen LogP contribution < -0.4 is 10.9 Å². The molecule has 1 aliphatic carbocycles. The number of nitrogens with zero attached hydrogens (tertiary/aromatic N) is 3. The molecule has 0 spiro atoms. The van der Waals surface area contributed by atoms with Gasteiger partial charge in [0.2, 0.25) is 0 Å². The number of ether oxygens (including phenoxy) is 1. The number of fused-ring (bicyclic) bond motifs is 2. The first-order valence-electron chi connectivity index (χ1n) is 9.12. The summed E-state index contributed by atoms with van der Waals surface area (Å²) < 4.78 is 7.05. The lowest BCUT2D eigenvalue weighted by molar-refractivity contribution is 0.0924. The van der Waals surface area contributed by atoms with Crippen molar-refractivity contribution in [2.24, 2.45) is 0 Å². The summed E-state index contributed by atoms with van der Waals surface area (Å²) in [6.07, 6.45) is 4.43. The number of aromatic nitrogens is 4. The fourth-order valence-corrected chi connectivity index (χ4v) is 3.90. The molecule has 0 radical (unpaired) electrons. The number of benzene rings is 1. The fourth-order valence-electron chi connectivity index (χ4n) is 3.90. The van der Waals surface area contributed by atoms with Gasteiger partial charge in [-0.05, 0) is 43.0 Å². The SMILES string of the molecule is O=C(NC1COCC1n1nc2c(cc1=O)CCC2)c1ccc2nc[nH]c2c1. The van der Waals surface area contributed by atoms with Crippen molar-refractivity contribution in [3.05, 3.63) is 57.8 Å². The lowest BCUT2D eigenvalue weighted by atomic mass is 10.1. The second kappa shape index (κ2) is 6.31. The second-order valence-electron chi connectivity index (χ2n) is 7.07. The Hall–Kier alpha value is -3.00. The normalized spacial score (nSPS) is 21.5. The predicted octanol–water partition coefficient (Wildman–Crippen LogP) is 0.978. The van der Waals surface area contributed by atoms with E-state index < -0.39 is 0 Å². The molecule has 1 fully saturated rings. The van der Waals surface area contributed by atoms with Gasteiger partial charge in [0, 0.05) is 11.6 Å². The van der Waals surface area contributed by atoms with Crippen LogP contribution in [0.1, 0.15) is 34.1 Å². The standard InChI is InChI=1S/C19H19N5O3/c25-18-7-11-2-1-3-13(11)23-24(18)17-9-27-8-16(17)22-19(26)12-4-5-14-15(6-12)21-10-20-14/h4-7,10,16-17H,1-3,8-9H2,(H,20,21)(H,22,26). The van der Waals surface area contributed by atoms with Gasteiger partial charge in [-0.1, -0.05) is 0 Å². The minimum Gasteiger partial charge on any atom is -0.377 e. The summed E-state index contributed by atoms with van der Waals surface area (Å²) >= 11 is 0. The van der Waals surface area contributed by atoms with Crippen LogP contribution in [0.15, 0.2) is 35.4 Å². The van der Waals surface area contributed by atoms with Crippen LogP contribution in [-0.2, 0) is 17.6 Å². The lowest BCUT2D eigenvalue weighted by Gasteiger charge is -2.21. The predicted molar refractivity (Wildman–Crippen MR) is 97.7 cm³/mol. The highest BCUT2D eigenvalue weighted by molar-refractivity contribution is 5.97. The Morgan fingerprint density at radius 2 is 2.19 bits per heavy atom. The lowest BCUT2D eigenvalue weighted by Crippen LogP contribution is -2.44. The number of aryl methyl sites for hydroxylation is 2. The maximum atomic E-state index is 12.7. The molecule has 2 atom stereocenters. The number of H-pyrrole nitrogens is 1. The van der Waals surface area contributed by atoms with E-state index in [1.54, 1.807) is 30.6 Å². The highest BCUT2D eigenvalue weighted by Crippen LogP contribution is 2.22. The first-order valence-corrected chi connectivity index (χ1v) is 9.12. The summed E-state index contributed by atoms with van der Waals surface area (Å²) in [4.78, 5) is 32.4. The molecule has 3 heterocycles. The third-order valence-corrected chi connectivity index (χ3v) is 5.35. The van der Waals surface area contributed by atoms with Gasteiger partial charge in [-0.15, -0.1) is 0 Å². The molecule has 2 aromatic heterocycles. The van der Waals surface area contributed by atoms with Crippen molar-refractivity contribution in [2.75, 3.05) is 13.2 Å². The molecule has 1 aromatic carbocycles. The van der Waals surface area contributed by atoms with Crippen molar-refractivity contribution in [3.63, 3.8) is 0 Å². The van der Waals surface area contributed by atoms with Crippen molar-refractivity contribution in [1.29, 1.82) is 0 Å². The Morgan fingerprint density at radius 1 is 1.26 bits per heavy atom. The molecule has 3 aromatic rings. The van der Waals surface area contributed by atoms with Gasteiger partial charge in [0.15, 0.2) is 0 Å². The van der Waals surface area contributed by atoms with E-state index in [4.69, 9.17) is 4.74 Å². The van der Waals surface area contributed by atoms with Crippen LogP contribution in [0.4, 0.5) is 0 Å². The van der Waals surface area contributed by atoms with Crippen molar-refractivity contribution in [1.82, 2.24) is 25.1 Å². The van der Waals surface area contributed by atoms with Crippen LogP contribution in [-0.4, -0.2) is 44.9 Å². The largest absolute Gasteiger partial charge is 0.377 e. The molecule has 1 amide bonds. The van der Waals surface area contributed by atoms with E-state index in [1.807, 2.05) is 0 Å². The highest BCUT2D eigenvalue weighted by Gasteiger charge is 2.33. The van der Waals surface area contributed by atoms with E-state index in [9.17, 15) is 9.59 Å². The van der Waals surface area contributed by atoms with Crippen molar-refractivity contribution >= 4 is 16.9 Å². The molecule has 138 valence electrons. The fraction of sp³-hybridized carbons (Fsp3) is 0.368. The summed E-state index contributed by atoms with van der Waals surface area (Å²) in [5, 5.41) is 7.56. The Labute approximate surface area is 154 Å². The van der Waals surface area contributed by atoms with E-state index in [2.05, 4.69) is 20.4 Å². The van der Waals surface area contributed by atoms with Gasteiger partial charge in [0.05, 0.1) is 42.3 Å². The smallest absolute Gasteiger partial charge is 0.267 e. The maximum Gasteiger partial charge on any atom is 0.267 e. The molecular formula is C19H19N5O3. The molecule has 1 saturated heterocycles. The van der Waals surface area contributed by atoms with Gasteiger partial charge >= 0.3 is 0 Å². The number of hydrogen-bond acceptors (Lipinski definition) is 5. The van der Waals surface area contributed by atoms with Crippen molar-refractivity contribution < 1.29 is 9.53 Å². The molecule has 2 aliphatic rings. The molecule has 1 aliphatic heterocycles. The van der Waals surface area contributed by atoms with E-state index >= 15 is 0 Å². The van der Waals surface area contributed by atoms with Crippen LogP contribution in [0.5, 0.6) is 0 Å². The van der Waals surface area contributed by atoms with E-state index in [0.717, 1.165) is 41.6 Å². The molecule has 5 rings (SSSR count). The van der Waals surface area contributed by atoms with Crippen LogP contribution in [0.3, 0.4) is 0 Å². The Balaban J connectivity index is 1.40. The first kappa shape index (κ1) is 16.2. The Kier molecular flexibility index (Phi) is 3.78. The molecule has 8 nitrogen and oxygen atoms in total. The summed E-state index contributed by atoms with van der Waals surface area (Å²) in [6, 6.07) is 6.38. The van der Waals surface area contributed by atoms with Crippen molar-refractivity contribution in [3.8, 4) is 0 Å². The zero-order valence-corrected chi connectivity index (χ0v) is 14.6. The van der Waals surface area contributed by atoms with E-state index in [-0.39, 0.29) is 23.6 Å². The zero-order chi connectivity index (χ0) is 18.4. The minimum absolute atomic E-state index is 0.135. The Bertz CT molecular complexity index is 1090. The minimum atomic E-state index is -0.306. The van der Waals surface area contributed by atoms with Gasteiger partial charge in [-0.2, -0.15) is 5.10 Å². The van der Waals surface area contributed by atoms with Crippen molar-refractivity contribution in [2.45, 2.75) is 31.3 Å². The third kappa shape index (κ3) is 2.82. The Morgan fingerprint density at radius 3 is 3.11 bits per heavy atom. The number of hydrogen-bond donors (Lipinski definition) is 2. The average Bonchev–Trinajstić information content (AvgIpc) is 3.40. The quantitative estimate of drug-likeness (QED) is 0.720. The van der Waals surface area contributed by atoms with Gasteiger partial charge in [0.1, 0.15) is 6.04 Å². The topological polar surface area (TPSA) is 102 Å². The summed E-state index contributed by atoms with van der Waals surface area (Å²) in [5.74, 6) is -0.207. The summed E-state index contributed by atoms with van der Waals surface area (Å²) in [6.45, 7) is 0.712. The van der Waals surface area contributed by atoms with Crippen LogP contribution in [0.25, 0.3) is 11.0 Å². The zero-order valence-electron chi connectivity index (χ0n) is 14.6. The third-order valence-electron chi connectivity index (χ3n) is 5.35. The molecule has 8 heteroatoms. The number of rotatable bonds is 3. The highest BCUT2D eigenvalue weighted by atomic mass is 16.5. The molecule has 2 N–H and O–H groups in total. The van der Waals surface area contributed by atoms with E-state index in [0.29, 0.717) is 18.8 Å². The summed E-state index contributed by atoms with van der Waals surface area (Å²) in [5.41, 5.74) is 4.04. The van der Waals surface area contributed by atoms with Crippen LogP contribution in [0.2, 0.25) is 0 Å². The van der Waals surface area contributed by atoms with Crippen LogP contribution >= 0.6 is 0 Å². The maximum absolute atomic E-state index is 12.7.